The number of pyridine rings is 1. The molecule has 6 N–H and O–H groups in total. The first-order valence-electron chi connectivity index (χ1n) is 16.5. The minimum atomic E-state index is -1.82. The minimum Gasteiger partial charge on any atom is -0.543 e. The number of benzene rings is 1. The summed E-state index contributed by atoms with van der Waals surface area (Å²) >= 11 is 2.20. The molecule has 3 aliphatic rings. The molecule has 0 unspecified atom stereocenters. The number of rotatable bonds is 12. The second-order valence-corrected chi connectivity index (χ2v) is 15.5. The van der Waals surface area contributed by atoms with Crippen molar-refractivity contribution in [2.24, 2.45) is 5.16 Å². The average molecular weight is 774 g/mol. The molecule has 1 aromatic carbocycles. The number of aromatic nitrogens is 2. The maximum Gasteiger partial charge on any atom is 0.350 e. The lowest BCUT2D eigenvalue weighted by Crippen LogP contribution is -2.72. The number of carbonyl (C=O) groups is 4. The van der Waals surface area contributed by atoms with Gasteiger partial charge in [0.05, 0.1) is 41.2 Å². The van der Waals surface area contributed by atoms with Crippen LogP contribution >= 0.6 is 23.1 Å². The number of halogens is 1. The maximum atomic E-state index is 15.2. The number of carbonyl (C=O) groups excluding carboxylic acids is 3. The Morgan fingerprint density at radius 2 is 1.92 bits per heavy atom. The van der Waals surface area contributed by atoms with Crippen molar-refractivity contribution in [1.29, 1.82) is 0 Å². The van der Waals surface area contributed by atoms with E-state index >= 15 is 4.39 Å². The summed E-state index contributed by atoms with van der Waals surface area (Å²) in [6, 6.07) is -0.0614. The Bertz CT molecular complexity index is 2180. The molecule has 17 nitrogen and oxygen atoms in total. The normalized spacial score (nSPS) is 20.0. The molecule has 2 saturated heterocycles. The number of carboxylic acids is 2. The molecule has 6 rings (SSSR count). The van der Waals surface area contributed by atoms with E-state index in [-0.39, 0.29) is 56.3 Å². The largest absolute Gasteiger partial charge is 0.543 e. The number of aliphatic carboxylic acids is 2. The van der Waals surface area contributed by atoms with E-state index in [4.69, 9.17) is 10.6 Å². The van der Waals surface area contributed by atoms with Crippen molar-refractivity contribution in [1.82, 2.24) is 19.8 Å². The number of fused-ring (bicyclic) bond motifs is 2. The molecule has 0 radical (unpaired) electrons. The van der Waals surface area contributed by atoms with E-state index in [2.05, 4.69) is 15.5 Å². The van der Waals surface area contributed by atoms with E-state index in [9.17, 15) is 44.4 Å². The number of phenolic OH excluding ortho intramolecular Hbond substituents is 2. The van der Waals surface area contributed by atoms with Crippen molar-refractivity contribution in [3.8, 4) is 11.5 Å². The summed E-state index contributed by atoms with van der Waals surface area (Å²) in [5, 5.41) is 48.7. The number of nitrogens with two attached hydrogens (primary N) is 1. The molecule has 3 aromatic rings. The van der Waals surface area contributed by atoms with E-state index < -0.39 is 69.2 Å². The van der Waals surface area contributed by atoms with Crippen molar-refractivity contribution in [3.63, 3.8) is 0 Å². The first kappa shape index (κ1) is 37.5. The van der Waals surface area contributed by atoms with Crippen LogP contribution in [0.15, 0.2) is 38.9 Å². The Kier molecular flexibility index (Phi) is 9.90. The molecule has 2 atom stereocenters. The molecule has 20 heteroatoms. The fourth-order valence-electron chi connectivity index (χ4n) is 6.85. The Morgan fingerprint density at radius 3 is 2.53 bits per heavy atom. The van der Waals surface area contributed by atoms with Gasteiger partial charge in [0.15, 0.2) is 28.2 Å². The summed E-state index contributed by atoms with van der Waals surface area (Å²) < 4.78 is 17.0. The summed E-state index contributed by atoms with van der Waals surface area (Å²) in [4.78, 5) is 75.1. The van der Waals surface area contributed by atoms with Gasteiger partial charge in [0.1, 0.15) is 30.2 Å². The number of oxime groups is 1. The molecule has 2 amide bonds. The number of nitrogen functional groups attached to an aromatic ring is 1. The number of amides is 2. The first-order valence-corrected chi connectivity index (χ1v) is 18.4. The lowest BCUT2D eigenvalue weighted by molar-refractivity contribution is -0.925. The number of quaternary nitrogens is 1. The summed E-state index contributed by atoms with van der Waals surface area (Å²) in [5.74, 6) is -7.44. The molecule has 2 fully saturated rings. The van der Waals surface area contributed by atoms with Crippen molar-refractivity contribution < 1.29 is 53.3 Å². The predicted octanol–water partition coefficient (Wildman–Crippen LogP) is 0.409. The number of aromatic hydroxyl groups is 2. The number of phenols is 2. The standard InChI is InChI=1S/C33H36FN7O10S2/c1-4-39-10-15(25(43)20-18(39)9-19(42)26(44)21(20)34)11-41(7-5-6-8-41)12-16-13-52-29-23(28(46)40(29)24(16)30(47)48)37-27(45)22(17-14-53-32(35)36-17)38-51-33(2,3)31(49)50/h9-10,14,23,29H,4-8,11-13H2,1-3H3,(H6-,35,36,37,38,42,43,44,45,47,48,49,50)/t23-,29-/m1/s1. The average Bonchev–Trinajstić information content (AvgIpc) is 3.75. The van der Waals surface area contributed by atoms with Gasteiger partial charge in [0.25, 0.3) is 11.8 Å². The first-order chi connectivity index (χ1) is 25.0. The Hall–Kier alpha value is -5.21. The van der Waals surface area contributed by atoms with Crippen LogP contribution in [0.25, 0.3) is 10.9 Å². The molecule has 53 heavy (non-hydrogen) atoms. The Morgan fingerprint density at radius 1 is 1.23 bits per heavy atom. The zero-order valence-electron chi connectivity index (χ0n) is 28.8. The molecule has 0 saturated carbocycles. The van der Waals surface area contributed by atoms with E-state index in [1.165, 1.54) is 31.0 Å². The van der Waals surface area contributed by atoms with Crippen LogP contribution in [-0.2, 0) is 37.1 Å². The topological polar surface area (TPSA) is 250 Å². The van der Waals surface area contributed by atoms with Gasteiger partial charge in [-0.2, -0.15) is 0 Å². The second-order valence-electron chi connectivity index (χ2n) is 13.6. The molecule has 0 aliphatic carbocycles. The van der Waals surface area contributed by atoms with Gasteiger partial charge in [-0.1, -0.05) is 5.16 Å². The lowest BCUT2D eigenvalue weighted by atomic mass is 10.0. The second kappa shape index (κ2) is 14.0. The number of β-lactam (4-membered cyclic amide) rings is 1. The zero-order chi connectivity index (χ0) is 38.6. The summed E-state index contributed by atoms with van der Waals surface area (Å²) in [7, 11) is 0. The van der Waals surface area contributed by atoms with Gasteiger partial charge in [-0.3, -0.25) is 19.3 Å². The lowest BCUT2D eigenvalue weighted by Gasteiger charge is -2.51. The van der Waals surface area contributed by atoms with Crippen molar-refractivity contribution in [3.05, 3.63) is 56.2 Å². The van der Waals surface area contributed by atoms with Gasteiger partial charge >= 0.3 is 5.97 Å². The van der Waals surface area contributed by atoms with Gasteiger partial charge in [0, 0.05) is 48.4 Å². The van der Waals surface area contributed by atoms with E-state index in [0.717, 1.165) is 35.1 Å². The van der Waals surface area contributed by atoms with Crippen LogP contribution in [0.2, 0.25) is 0 Å². The van der Waals surface area contributed by atoms with Crippen molar-refractivity contribution in [2.45, 2.75) is 63.7 Å². The number of thioether (sulfide) groups is 1. The highest BCUT2D eigenvalue weighted by atomic mass is 32.2. The number of nitrogens with one attached hydrogen (secondary N) is 1. The molecule has 0 bridgehead atoms. The molecular formula is C33H36FN7O10S2. The number of aryl methyl sites for hydroxylation is 1. The number of likely N-dealkylation sites (tertiary alicyclic amines) is 1. The van der Waals surface area contributed by atoms with Crippen LogP contribution in [0.5, 0.6) is 11.5 Å². The Balaban J connectivity index is 1.27. The van der Waals surface area contributed by atoms with E-state index in [1.54, 1.807) is 17.7 Å². The fraction of sp³-hybridized carbons (Fsp3) is 0.424. The highest BCUT2D eigenvalue weighted by Gasteiger charge is 2.54. The maximum absolute atomic E-state index is 15.2. The smallest absolute Gasteiger partial charge is 0.350 e. The summed E-state index contributed by atoms with van der Waals surface area (Å²) in [5.41, 5.74) is 3.17. The van der Waals surface area contributed by atoms with Gasteiger partial charge in [0.2, 0.25) is 11.0 Å². The quantitative estimate of drug-likeness (QED) is 0.0551. The fourth-order valence-corrected chi connectivity index (χ4v) is 8.74. The van der Waals surface area contributed by atoms with Crippen LogP contribution in [0, 0.1) is 5.82 Å². The molecule has 282 valence electrons. The number of hydrogen-bond acceptors (Lipinski definition) is 14. The van der Waals surface area contributed by atoms with E-state index in [0.29, 0.717) is 25.2 Å². The van der Waals surface area contributed by atoms with E-state index in [1.807, 2.05) is 0 Å². The summed E-state index contributed by atoms with van der Waals surface area (Å²) in [6.45, 7) is 5.88. The molecule has 2 aromatic heterocycles. The molecule has 3 aliphatic heterocycles. The van der Waals surface area contributed by atoms with Crippen LogP contribution in [0.4, 0.5) is 9.52 Å². The van der Waals surface area contributed by atoms with Gasteiger partial charge in [-0.05, 0) is 20.8 Å². The minimum absolute atomic E-state index is 0.0295. The van der Waals surface area contributed by atoms with Crippen molar-refractivity contribution >= 4 is 68.6 Å². The monoisotopic (exact) mass is 773 g/mol. The van der Waals surface area contributed by atoms with Crippen LogP contribution in [0.1, 0.15) is 44.9 Å². The molecular weight excluding hydrogens is 738 g/mol. The van der Waals surface area contributed by atoms with Crippen LogP contribution in [0.3, 0.4) is 0 Å². The predicted molar refractivity (Wildman–Crippen MR) is 188 cm³/mol. The third-order valence-electron chi connectivity index (χ3n) is 9.61. The Labute approximate surface area is 308 Å². The third-order valence-corrected chi connectivity index (χ3v) is 11.6. The molecule has 5 heterocycles. The zero-order valence-corrected chi connectivity index (χ0v) is 30.4. The summed E-state index contributed by atoms with van der Waals surface area (Å²) in [6.07, 6.45) is 3.11. The number of thiazole rings is 1. The SMILES string of the molecule is CCn1cc(C[N+]2(CC3=C(C(=O)[O-])N4C(=O)[C@@H](NC(=O)/C(=N\OC(C)(C)C(=O)O)c5csc(N)n5)[C@H]4SC3)CCCC2)c(=O)c2c(F)c(O)c(O)cc21. The third kappa shape index (κ3) is 6.77. The molecule has 0 spiro atoms. The number of anilines is 1. The van der Waals surface area contributed by atoms with Crippen LogP contribution < -0.4 is 21.6 Å². The highest BCUT2D eigenvalue weighted by Crippen LogP contribution is 2.42. The van der Waals surface area contributed by atoms with Gasteiger partial charge in [-0.15, -0.1) is 23.1 Å². The highest BCUT2D eigenvalue weighted by molar-refractivity contribution is 8.00. The number of nitrogens with zero attached hydrogens (tertiary/aromatic N) is 5. The van der Waals surface area contributed by atoms with Crippen molar-refractivity contribution in [2.75, 3.05) is 31.1 Å². The number of carboxylic acid groups (broad SMARTS) is 2. The van der Waals surface area contributed by atoms with Crippen LogP contribution in [-0.4, -0.2) is 106 Å². The van der Waals surface area contributed by atoms with Gasteiger partial charge in [-0.25, -0.2) is 14.2 Å². The number of hydrogen-bond donors (Lipinski definition) is 5. The van der Waals surface area contributed by atoms with Gasteiger partial charge < -0.3 is 50.2 Å².